The number of hydrogen-bond acceptors (Lipinski definition) is 6. The maximum atomic E-state index is 13.2. The number of carbonyl (C=O) groups excluding carboxylic acids is 1. The summed E-state index contributed by atoms with van der Waals surface area (Å²) in [5, 5.41) is 21.2. The number of hydrogen-bond donors (Lipinski definition) is 2. The van der Waals surface area contributed by atoms with E-state index in [-0.39, 0.29) is 17.1 Å². The topological polar surface area (TPSA) is 111 Å². The Labute approximate surface area is 203 Å². The molecule has 0 saturated heterocycles. The highest BCUT2D eigenvalue weighted by Crippen LogP contribution is 2.27. The summed E-state index contributed by atoms with van der Waals surface area (Å²) in [6.45, 7) is 2.20. The van der Waals surface area contributed by atoms with Crippen LogP contribution in [0.5, 0.6) is 5.75 Å². The molecule has 11 heteroatoms. The summed E-state index contributed by atoms with van der Waals surface area (Å²) in [6, 6.07) is 10.7. The molecule has 4 aromatic rings. The SMILES string of the molecule is CN=c1scc(-c2ccc(O)c(C(N)=O)c2)n1/N=C/c1c(C)nn(Cc2ccc(F)cc2)c1Cl. The number of amides is 1. The van der Waals surface area contributed by atoms with E-state index in [1.54, 1.807) is 40.8 Å². The Kier molecular flexibility index (Phi) is 6.62. The molecule has 0 aliphatic heterocycles. The van der Waals surface area contributed by atoms with Gasteiger partial charge in [-0.1, -0.05) is 23.7 Å². The molecule has 0 radical (unpaired) electrons. The van der Waals surface area contributed by atoms with Crippen molar-refractivity contribution in [1.82, 2.24) is 14.5 Å². The average Bonchev–Trinajstić information content (AvgIpc) is 3.34. The van der Waals surface area contributed by atoms with Gasteiger partial charge in [0.05, 0.1) is 35.3 Å². The Morgan fingerprint density at radius 1 is 1.29 bits per heavy atom. The summed E-state index contributed by atoms with van der Waals surface area (Å²) in [4.78, 5) is 16.5. The molecule has 4 rings (SSSR count). The number of carbonyl (C=O) groups is 1. The predicted octanol–water partition coefficient (Wildman–Crippen LogP) is 3.78. The van der Waals surface area contributed by atoms with E-state index in [0.29, 0.717) is 39.0 Å². The van der Waals surface area contributed by atoms with E-state index in [1.165, 1.54) is 35.6 Å². The minimum Gasteiger partial charge on any atom is -0.507 e. The number of aryl methyl sites for hydroxylation is 1. The standard InChI is InChI=1S/C23H20ClFN6O2S/c1-13-18(21(24)30(29-13)11-14-3-6-16(25)7-4-14)10-28-31-19(12-34-23(31)27-2)15-5-8-20(32)17(9-15)22(26)33/h3-10,12,32H,11H2,1-2H3,(H2,26,33)/b27-23?,28-10+. The Balaban J connectivity index is 1.71. The molecule has 3 N–H and O–H groups in total. The van der Waals surface area contributed by atoms with Gasteiger partial charge < -0.3 is 10.8 Å². The zero-order valence-electron chi connectivity index (χ0n) is 18.2. The second-order valence-corrected chi connectivity index (χ2v) is 8.55. The second-order valence-electron chi connectivity index (χ2n) is 7.35. The van der Waals surface area contributed by atoms with Gasteiger partial charge in [0, 0.05) is 18.0 Å². The summed E-state index contributed by atoms with van der Waals surface area (Å²) >= 11 is 7.94. The van der Waals surface area contributed by atoms with E-state index in [0.717, 1.165) is 5.56 Å². The molecular weight excluding hydrogens is 479 g/mol. The van der Waals surface area contributed by atoms with Crippen molar-refractivity contribution in [3.8, 4) is 17.0 Å². The van der Waals surface area contributed by atoms with Crippen LogP contribution < -0.4 is 10.5 Å². The lowest BCUT2D eigenvalue weighted by Crippen LogP contribution is -2.13. The van der Waals surface area contributed by atoms with Crippen molar-refractivity contribution in [2.24, 2.45) is 15.8 Å². The molecule has 0 fully saturated rings. The molecule has 0 unspecified atom stereocenters. The van der Waals surface area contributed by atoms with E-state index in [2.05, 4.69) is 15.2 Å². The predicted molar refractivity (Wildman–Crippen MR) is 130 cm³/mol. The van der Waals surface area contributed by atoms with E-state index < -0.39 is 5.91 Å². The zero-order valence-corrected chi connectivity index (χ0v) is 19.8. The third-order valence-electron chi connectivity index (χ3n) is 5.09. The highest BCUT2D eigenvalue weighted by Gasteiger charge is 2.15. The van der Waals surface area contributed by atoms with Crippen LogP contribution in [-0.4, -0.2) is 38.7 Å². The number of nitrogens with two attached hydrogens (primary N) is 1. The summed E-state index contributed by atoms with van der Waals surface area (Å²) in [5.74, 6) is -1.24. The Hall–Kier alpha value is -3.76. The van der Waals surface area contributed by atoms with Crippen LogP contribution in [-0.2, 0) is 6.54 Å². The number of benzene rings is 2. The van der Waals surface area contributed by atoms with Gasteiger partial charge in [-0.05, 0) is 42.8 Å². The lowest BCUT2D eigenvalue weighted by Gasteiger charge is -2.06. The van der Waals surface area contributed by atoms with E-state index in [4.69, 9.17) is 17.3 Å². The van der Waals surface area contributed by atoms with Crippen molar-refractivity contribution in [3.05, 3.63) is 86.0 Å². The number of phenols is 1. The van der Waals surface area contributed by atoms with E-state index in [1.807, 2.05) is 12.3 Å². The molecule has 0 aliphatic rings. The number of halogens is 2. The minimum atomic E-state index is -0.735. The van der Waals surface area contributed by atoms with Crippen LogP contribution in [0.1, 0.15) is 27.2 Å². The fourth-order valence-electron chi connectivity index (χ4n) is 3.35. The van der Waals surface area contributed by atoms with E-state index >= 15 is 0 Å². The van der Waals surface area contributed by atoms with Crippen LogP contribution in [0.15, 0.2) is 57.9 Å². The second kappa shape index (κ2) is 9.62. The Bertz CT molecular complexity index is 1470. The molecule has 174 valence electrons. The first-order valence-corrected chi connectivity index (χ1v) is 11.3. The van der Waals surface area contributed by atoms with Crippen LogP contribution in [0.2, 0.25) is 5.15 Å². The molecular formula is C23H20ClFN6O2S. The maximum absolute atomic E-state index is 13.2. The Morgan fingerprint density at radius 2 is 2.03 bits per heavy atom. The number of primary amides is 1. The summed E-state index contributed by atoms with van der Waals surface area (Å²) < 4.78 is 16.4. The number of rotatable bonds is 6. The first-order valence-electron chi connectivity index (χ1n) is 10.1. The molecule has 8 nitrogen and oxygen atoms in total. The number of aromatic hydroxyl groups is 1. The van der Waals surface area contributed by atoms with Crippen molar-refractivity contribution >= 4 is 35.1 Å². The highest BCUT2D eigenvalue weighted by atomic mass is 35.5. The van der Waals surface area contributed by atoms with Crippen LogP contribution in [0.25, 0.3) is 11.3 Å². The molecule has 2 aromatic carbocycles. The fourth-order valence-corrected chi connectivity index (χ4v) is 4.44. The maximum Gasteiger partial charge on any atom is 0.252 e. The van der Waals surface area contributed by atoms with Crippen molar-refractivity contribution in [2.45, 2.75) is 13.5 Å². The fraction of sp³-hybridized carbons (Fsp3) is 0.130. The lowest BCUT2D eigenvalue weighted by atomic mass is 10.1. The van der Waals surface area contributed by atoms with Gasteiger partial charge in [-0.3, -0.25) is 9.79 Å². The first kappa shape index (κ1) is 23.4. The van der Waals surface area contributed by atoms with Crippen molar-refractivity contribution in [1.29, 1.82) is 0 Å². The van der Waals surface area contributed by atoms with Gasteiger partial charge in [-0.15, -0.1) is 11.3 Å². The van der Waals surface area contributed by atoms with Crippen molar-refractivity contribution in [2.75, 3.05) is 7.05 Å². The van der Waals surface area contributed by atoms with Gasteiger partial charge in [0.1, 0.15) is 16.7 Å². The Morgan fingerprint density at radius 3 is 2.71 bits per heavy atom. The van der Waals surface area contributed by atoms with Gasteiger partial charge in [0.2, 0.25) is 4.80 Å². The smallest absolute Gasteiger partial charge is 0.252 e. The zero-order chi connectivity index (χ0) is 24.4. The molecule has 0 spiro atoms. The monoisotopic (exact) mass is 498 g/mol. The van der Waals surface area contributed by atoms with Crippen LogP contribution >= 0.6 is 22.9 Å². The third kappa shape index (κ3) is 4.63. The van der Waals surface area contributed by atoms with Gasteiger partial charge in [-0.2, -0.15) is 10.2 Å². The molecule has 1 amide bonds. The van der Waals surface area contributed by atoms with Crippen molar-refractivity contribution in [3.63, 3.8) is 0 Å². The molecule has 0 saturated carbocycles. The van der Waals surface area contributed by atoms with Gasteiger partial charge >= 0.3 is 0 Å². The van der Waals surface area contributed by atoms with Crippen LogP contribution in [0.4, 0.5) is 4.39 Å². The summed E-state index contributed by atoms with van der Waals surface area (Å²) in [7, 11) is 1.65. The molecule has 0 atom stereocenters. The van der Waals surface area contributed by atoms with Crippen LogP contribution in [0.3, 0.4) is 0 Å². The molecule has 0 aliphatic carbocycles. The largest absolute Gasteiger partial charge is 0.507 e. The highest BCUT2D eigenvalue weighted by molar-refractivity contribution is 7.07. The van der Waals surface area contributed by atoms with Gasteiger partial charge in [-0.25, -0.2) is 13.7 Å². The summed E-state index contributed by atoms with van der Waals surface area (Å²) in [5.41, 5.74) is 8.81. The van der Waals surface area contributed by atoms with Crippen molar-refractivity contribution < 1.29 is 14.3 Å². The van der Waals surface area contributed by atoms with E-state index in [9.17, 15) is 14.3 Å². The molecule has 2 heterocycles. The number of aromatic nitrogens is 3. The normalized spacial score (nSPS) is 12.1. The molecule has 0 bridgehead atoms. The van der Waals surface area contributed by atoms with Gasteiger partial charge in [0.25, 0.3) is 5.91 Å². The minimum absolute atomic E-state index is 0.00942. The molecule has 2 aromatic heterocycles. The third-order valence-corrected chi connectivity index (χ3v) is 6.40. The molecule has 34 heavy (non-hydrogen) atoms. The first-order chi connectivity index (χ1) is 16.3. The summed E-state index contributed by atoms with van der Waals surface area (Å²) in [6.07, 6.45) is 1.59. The van der Waals surface area contributed by atoms with Crippen LogP contribution in [0, 0.1) is 12.7 Å². The quantitative estimate of drug-likeness (QED) is 0.394. The number of thiazole rings is 1. The average molecular weight is 499 g/mol. The lowest BCUT2D eigenvalue weighted by molar-refractivity contribution is 0.0998. The number of nitrogens with zero attached hydrogens (tertiary/aromatic N) is 5. The van der Waals surface area contributed by atoms with Gasteiger partial charge in [0.15, 0.2) is 0 Å².